The van der Waals surface area contributed by atoms with Crippen LogP contribution in [0.4, 0.5) is 0 Å². The second-order valence-electron chi connectivity index (χ2n) is 5.00. The van der Waals surface area contributed by atoms with Crippen LogP contribution in [-0.4, -0.2) is 11.9 Å². The first kappa shape index (κ1) is 13.4. The summed E-state index contributed by atoms with van der Waals surface area (Å²) in [6, 6.07) is 7.54. The molecule has 0 spiro atoms. The van der Waals surface area contributed by atoms with Crippen molar-refractivity contribution in [1.82, 2.24) is 5.32 Å². The number of nitrogens with one attached hydrogen (secondary N) is 1. The lowest BCUT2D eigenvalue weighted by Crippen LogP contribution is -2.35. The molecule has 1 aliphatic rings. The van der Waals surface area contributed by atoms with Gasteiger partial charge in [0.05, 0.1) is 10.6 Å². The Labute approximate surface area is 114 Å². The van der Waals surface area contributed by atoms with Crippen LogP contribution >= 0.6 is 11.6 Å². The Hall–Kier alpha value is -1.02. The van der Waals surface area contributed by atoms with Gasteiger partial charge in [-0.25, -0.2) is 0 Å². The highest BCUT2D eigenvalue weighted by Gasteiger charge is 2.16. The van der Waals surface area contributed by atoms with E-state index in [1.165, 1.54) is 32.1 Å². The average Bonchev–Trinajstić information content (AvgIpc) is 2.33. The summed E-state index contributed by atoms with van der Waals surface area (Å²) < 4.78 is 0. The van der Waals surface area contributed by atoms with Crippen molar-refractivity contribution in [3.8, 4) is 0 Å². The zero-order chi connectivity index (χ0) is 12.8. The van der Waals surface area contributed by atoms with Crippen molar-refractivity contribution in [2.75, 3.05) is 0 Å². The van der Waals surface area contributed by atoms with Crippen molar-refractivity contribution in [2.24, 2.45) is 0 Å². The number of hydrogen-bond donors (Lipinski definition) is 1. The van der Waals surface area contributed by atoms with Crippen LogP contribution in [0.5, 0.6) is 0 Å². The van der Waals surface area contributed by atoms with E-state index in [0.29, 0.717) is 16.6 Å². The molecule has 1 N–H and O–H groups in total. The van der Waals surface area contributed by atoms with Gasteiger partial charge in [-0.2, -0.15) is 0 Å². The molecule has 0 unspecified atom stereocenters. The predicted molar refractivity (Wildman–Crippen MR) is 75.0 cm³/mol. The van der Waals surface area contributed by atoms with Crippen molar-refractivity contribution in [1.29, 1.82) is 0 Å². The summed E-state index contributed by atoms with van der Waals surface area (Å²) in [6.07, 6.45) is 8.54. The third-order valence-corrected chi connectivity index (χ3v) is 3.89. The van der Waals surface area contributed by atoms with Gasteiger partial charge in [0.15, 0.2) is 0 Å². The predicted octanol–water partition coefficient (Wildman–Crippen LogP) is 4.18. The number of carbonyl (C=O) groups is 1. The molecule has 1 saturated carbocycles. The van der Waals surface area contributed by atoms with Crippen molar-refractivity contribution in [3.63, 3.8) is 0 Å². The van der Waals surface area contributed by atoms with Gasteiger partial charge in [0.25, 0.3) is 5.91 Å². The normalized spacial score (nSPS) is 17.8. The van der Waals surface area contributed by atoms with Gasteiger partial charge in [-0.15, -0.1) is 0 Å². The standard InChI is InChI=1S/C15H20ClNO/c16-14-11-7-6-10-13(14)15(18)17-12-8-4-2-1-3-5-9-12/h6-7,10-12H,1-5,8-9H2,(H,17,18). The third kappa shape index (κ3) is 3.74. The van der Waals surface area contributed by atoms with Crippen molar-refractivity contribution in [3.05, 3.63) is 34.9 Å². The second kappa shape index (κ2) is 6.79. The monoisotopic (exact) mass is 265 g/mol. The number of rotatable bonds is 2. The number of benzene rings is 1. The first-order valence-corrected chi connectivity index (χ1v) is 7.20. The molecule has 18 heavy (non-hydrogen) atoms. The Bertz CT molecular complexity index is 397. The summed E-state index contributed by atoms with van der Waals surface area (Å²) in [5.74, 6) is -0.0360. The first-order chi connectivity index (χ1) is 8.77. The molecule has 0 heterocycles. The molecule has 2 rings (SSSR count). The molecule has 0 saturated heterocycles. The molecule has 1 aliphatic carbocycles. The Morgan fingerprint density at radius 1 is 1.06 bits per heavy atom. The summed E-state index contributed by atoms with van der Waals surface area (Å²) in [7, 11) is 0. The van der Waals surface area contributed by atoms with Crippen LogP contribution in [0.3, 0.4) is 0 Å². The number of hydrogen-bond acceptors (Lipinski definition) is 1. The fourth-order valence-electron chi connectivity index (χ4n) is 2.51. The molecule has 1 fully saturated rings. The maximum absolute atomic E-state index is 12.1. The summed E-state index contributed by atoms with van der Waals surface area (Å²) in [6.45, 7) is 0. The minimum atomic E-state index is -0.0360. The Balaban J connectivity index is 1.95. The van der Waals surface area contributed by atoms with Crippen LogP contribution in [0.15, 0.2) is 24.3 Å². The van der Waals surface area contributed by atoms with E-state index in [9.17, 15) is 4.79 Å². The SMILES string of the molecule is O=C(NC1CCCCCCC1)c1ccccc1Cl. The minimum Gasteiger partial charge on any atom is -0.349 e. The van der Waals surface area contributed by atoms with Crippen molar-refractivity contribution in [2.45, 2.75) is 51.0 Å². The Morgan fingerprint density at radius 3 is 2.33 bits per heavy atom. The van der Waals surface area contributed by atoms with Crippen LogP contribution in [0.2, 0.25) is 5.02 Å². The maximum atomic E-state index is 12.1. The van der Waals surface area contributed by atoms with Crippen LogP contribution < -0.4 is 5.32 Å². The van der Waals surface area contributed by atoms with Crippen LogP contribution in [-0.2, 0) is 0 Å². The van der Waals surface area contributed by atoms with Gasteiger partial charge in [0.1, 0.15) is 0 Å². The molecule has 98 valence electrons. The number of halogens is 1. The minimum absolute atomic E-state index is 0.0360. The first-order valence-electron chi connectivity index (χ1n) is 6.83. The zero-order valence-electron chi connectivity index (χ0n) is 10.6. The van der Waals surface area contributed by atoms with E-state index in [1.807, 2.05) is 12.1 Å². The largest absolute Gasteiger partial charge is 0.349 e. The van der Waals surface area contributed by atoms with Crippen LogP contribution in [0.1, 0.15) is 55.3 Å². The number of amides is 1. The van der Waals surface area contributed by atoms with Gasteiger partial charge >= 0.3 is 0 Å². The highest BCUT2D eigenvalue weighted by Crippen LogP contribution is 2.19. The fourth-order valence-corrected chi connectivity index (χ4v) is 2.73. The van der Waals surface area contributed by atoms with Crippen LogP contribution in [0, 0.1) is 0 Å². The van der Waals surface area contributed by atoms with E-state index in [1.54, 1.807) is 12.1 Å². The van der Waals surface area contributed by atoms with Gasteiger partial charge in [-0.1, -0.05) is 55.8 Å². The Morgan fingerprint density at radius 2 is 1.67 bits per heavy atom. The molecule has 0 radical (unpaired) electrons. The molecule has 1 aromatic rings. The summed E-state index contributed by atoms with van der Waals surface area (Å²) in [4.78, 5) is 12.1. The van der Waals surface area contributed by atoms with Crippen molar-refractivity contribution >= 4 is 17.5 Å². The van der Waals surface area contributed by atoms with Crippen molar-refractivity contribution < 1.29 is 4.79 Å². The highest BCUT2D eigenvalue weighted by molar-refractivity contribution is 6.33. The van der Waals surface area contributed by atoms with E-state index in [-0.39, 0.29) is 5.91 Å². The smallest absolute Gasteiger partial charge is 0.253 e. The molecule has 2 nitrogen and oxygen atoms in total. The molecule has 3 heteroatoms. The maximum Gasteiger partial charge on any atom is 0.253 e. The van der Waals surface area contributed by atoms with E-state index < -0.39 is 0 Å². The molecular weight excluding hydrogens is 246 g/mol. The summed E-state index contributed by atoms with van der Waals surface area (Å²) in [5, 5.41) is 3.65. The molecule has 0 aliphatic heterocycles. The average molecular weight is 266 g/mol. The molecule has 1 amide bonds. The van der Waals surface area contributed by atoms with Gasteiger partial charge in [-0.05, 0) is 25.0 Å². The lowest BCUT2D eigenvalue weighted by molar-refractivity contribution is 0.0930. The second-order valence-corrected chi connectivity index (χ2v) is 5.40. The molecule has 0 atom stereocenters. The van der Waals surface area contributed by atoms with E-state index in [4.69, 9.17) is 11.6 Å². The Kier molecular flexibility index (Phi) is 5.06. The fraction of sp³-hybridized carbons (Fsp3) is 0.533. The van der Waals surface area contributed by atoms with Crippen LogP contribution in [0.25, 0.3) is 0 Å². The number of carbonyl (C=O) groups excluding carboxylic acids is 1. The zero-order valence-corrected chi connectivity index (χ0v) is 11.4. The van der Waals surface area contributed by atoms with Gasteiger partial charge < -0.3 is 5.32 Å². The van der Waals surface area contributed by atoms with E-state index in [0.717, 1.165) is 12.8 Å². The lowest BCUT2D eigenvalue weighted by atomic mass is 9.96. The summed E-state index contributed by atoms with van der Waals surface area (Å²) >= 11 is 6.03. The lowest BCUT2D eigenvalue weighted by Gasteiger charge is -2.21. The molecular formula is C15H20ClNO. The topological polar surface area (TPSA) is 29.1 Å². The molecule has 0 bridgehead atoms. The van der Waals surface area contributed by atoms with Gasteiger partial charge in [0, 0.05) is 6.04 Å². The molecule has 0 aromatic heterocycles. The highest BCUT2D eigenvalue weighted by atomic mass is 35.5. The quantitative estimate of drug-likeness (QED) is 0.854. The van der Waals surface area contributed by atoms with Gasteiger partial charge in [0.2, 0.25) is 0 Å². The summed E-state index contributed by atoms with van der Waals surface area (Å²) in [5.41, 5.74) is 0.584. The van der Waals surface area contributed by atoms with Gasteiger partial charge in [-0.3, -0.25) is 4.79 Å². The van der Waals surface area contributed by atoms with E-state index >= 15 is 0 Å². The third-order valence-electron chi connectivity index (χ3n) is 3.56. The van der Waals surface area contributed by atoms with E-state index in [2.05, 4.69) is 5.32 Å². The molecule has 1 aromatic carbocycles.